The summed E-state index contributed by atoms with van der Waals surface area (Å²) >= 11 is 0. The fraction of sp³-hybridized carbons (Fsp3) is 0.435. The first-order valence-electron chi connectivity index (χ1n) is 11.3. The van der Waals surface area contributed by atoms with Crippen LogP contribution in [0.15, 0.2) is 30.5 Å². The second kappa shape index (κ2) is 9.17. The number of halogens is 4. The van der Waals surface area contributed by atoms with Gasteiger partial charge >= 0.3 is 6.18 Å². The molecule has 0 bridgehead atoms. The highest BCUT2D eigenvalue weighted by atomic mass is 19.4. The third-order valence-corrected chi connectivity index (χ3v) is 6.56. The number of nitrogens with two attached hydrogens (primary N) is 1. The van der Waals surface area contributed by atoms with Crippen molar-refractivity contribution in [2.45, 2.75) is 25.3 Å². The van der Waals surface area contributed by atoms with Gasteiger partial charge < -0.3 is 20.7 Å². The molecule has 0 saturated carbocycles. The van der Waals surface area contributed by atoms with Gasteiger partial charge in [-0.15, -0.1) is 5.10 Å². The molecule has 4 heterocycles. The third-order valence-electron chi connectivity index (χ3n) is 6.56. The molecule has 0 amide bonds. The molecule has 2 aliphatic rings. The number of alkyl halides is 3. The average molecular weight is 491 g/mol. The fourth-order valence-electron chi connectivity index (χ4n) is 4.63. The summed E-state index contributed by atoms with van der Waals surface area (Å²) in [7, 11) is 0. The number of hydrogen-bond acceptors (Lipinski definition) is 8. The normalized spacial score (nSPS) is 20.1. The fourth-order valence-corrected chi connectivity index (χ4v) is 4.63. The second-order valence-corrected chi connectivity index (χ2v) is 8.76. The molecule has 2 fully saturated rings. The second-order valence-electron chi connectivity index (χ2n) is 8.76. The van der Waals surface area contributed by atoms with Gasteiger partial charge in [0.2, 0.25) is 0 Å². The van der Waals surface area contributed by atoms with Crippen molar-refractivity contribution >= 4 is 22.4 Å². The molecular weight excluding hydrogens is 466 g/mol. The molecule has 186 valence electrons. The Morgan fingerprint density at radius 1 is 1.17 bits per heavy atom. The minimum Gasteiger partial charge on any atom is -0.378 e. The topological polar surface area (TPSA) is 92.4 Å². The molecule has 5 rings (SSSR count). The zero-order valence-corrected chi connectivity index (χ0v) is 19.0. The number of aryl methyl sites for hydroxylation is 1. The molecule has 8 nitrogen and oxygen atoms in total. The van der Waals surface area contributed by atoms with Crippen LogP contribution >= 0.6 is 0 Å². The van der Waals surface area contributed by atoms with Crippen molar-refractivity contribution in [1.29, 1.82) is 0 Å². The van der Waals surface area contributed by atoms with Crippen LogP contribution in [0.5, 0.6) is 0 Å². The van der Waals surface area contributed by atoms with Crippen LogP contribution in [-0.4, -0.2) is 65.5 Å². The maximum atomic E-state index is 14.6. The summed E-state index contributed by atoms with van der Waals surface area (Å²) in [6, 6.07) is 5.15. The van der Waals surface area contributed by atoms with E-state index >= 15 is 0 Å². The summed E-state index contributed by atoms with van der Waals surface area (Å²) in [5.41, 5.74) is 5.03. The third kappa shape index (κ3) is 4.60. The van der Waals surface area contributed by atoms with Crippen molar-refractivity contribution in [2.24, 2.45) is 5.73 Å². The molecule has 35 heavy (non-hydrogen) atoms. The van der Waals surface area contributed by atoms with Gasteiger partial charge in [0.15, 0.2) is 5.82 Å². The lowest BCUT2D eigenvalue weighted by molar-refractivity contribution is -0.140. The molecule has 2 aromatic heterocycles. The SMILES string of the molecule is Cc1nnc(N[C@H](N)c2cccc(C(F)(F)F)c2F)c2cc(N3CCN4CCOC[C@@H]4C3)ncc12. The Kier molecular flexibility index (Phi) is 6.20. The molecule has 0 aliphatic carbocycles. The number of fused-ring (bicyclic) bond motifs is 2. The van der Waals surface area contributed by atoms with Gasteiger partial charge in [-0.25, -0.2) is 9.37 Å². The lowest BCUT2D eigenvalue weighted by Crippen LogP contribution is -2.58. The Morgan fingerprint density at radius 2 is 2.00 bits per heavy atom. The summed E-state index contributed by atoms with van der Waals surface area (Å²) in [4.78, 5) is 9.19. The maximum absolute atomic E-state index is 14.6. The van der Waals surface area contributed by atoms with E-state index in [0.29, 0.717) is 29.1 Å². The Morgan fingerprint density at radius 3 is 2.80 bits per heavy atom. The molecule has 0 unspecified atom stereocenters. The molecule has 2 saturated heterocycles. The van der Waals surface area contributed by atoms with Crippen LogP contribution < -0.4 is 16.0 Å². The van der Waals surface area contributed by atoms with Gasteiger partial charge in [-0.2, -0.15) is 18.3 Å². The van der Waals surface area contributed by atoms with Crippen molar-refractivity contribution in [3.63, 3.8) is 0 Å². The van der Waals surface area contributed by atoms with Crippen molar-refractivity contribution in [3.8, 4) is 0 Å². The van der Waals surface area contributed by atoms with Gasteiger partial charge in [0.1, 0.15) is 17.8 Å². The largest absolute Gasteiger partial charge is 0.419 e. The Hall–Kier alpha value is -3.09. The molecule has 2 atom stereocenters. The van der Waals surface area contributed by atoms with Crippen LogP contribution in [0.2, 0.25) is 0 Å². The summed E-state index contributed by atoms with van der Waals surface area (Å²) in [5.74, 6) is -0.450. The van der Waals surface area contributed by atoms with E-state index < -0.39 is 23.7 Å². The number of anilines is 2. The summed E-state index contributed by atoms with van der Waals surface area (Å²) < 4.78 is 59.7. The van der Waals surface area contributed by atoms with Crippen molar-refractivity contribution in [2.75, 3.05) is 49.6 Å². The standard InChI is InChI=1S/C23H25F4N7O/c1-13-17-10-29-19(34-6-5-33-7-8-35-12-14(33)11-34)9-16(17)22(32-31-13)30-21(28)15-3-2-4-18(20(15)24)23(25,26)27/h2-4,9-10,14,21H,5-8,11-12,28H2,1H3,(H,30,32)/t14-,21-/m0/s1. The number of rotatable bonds is 4. The van der Waals surface area contributed by atoms with Crippen molar-refractivity contribution in [3.05, 3.63) is 53.1 Å². The minimum atomic E-state index is -4.83. The molecule has 12 heteroatoms. The van der Waals surface area contributed by atoms with E-state index in [1.54, 1.807) is 13.1 Å². The number of ether oxygens (including phenoxy) is 1. The number of pyridine rings is 1. The molecule has 0 radical (unpaired) electrons. The Bertz CT molecular complexity index is 1240. The van der Waals surface area contributed by atoms with E-state index in [2.05, 4.69) is 30.3 Å². The minimum absolute atomic E-state index is 0.234. The number of nitrogens with zero attached hydrogens (tertiary/aromatic N) is 5. The summed E-state index contributed by atoms with van der Waals surface area (Å²) in [5, 5.41) is 12.5. The van der Waals surface area contributed by atoms with Crippen LogP contribution in [0.4, 0.5) is 29.2 Å². The quantitative estimate of drug-likeness (QED) is 0.425. The van der Waals surface area contributed by atoms with Crippen molar-refractivity contribution in [1.82, 2.24) is 20.1 Å². The number of piperazine rings is 1. The molecular formula is C23H25F4N7O. The Labute approximate surface area is 199 Å². The monoisotopic (exact) mass is 491 g/mol. The van der Waals surface area contributed by atoms with E-state index in [-0.39, 0.29) is 17.4 Å². The van der Waals surface area contributed by atoms with Crippen LogP contribution in [0.3, 0.4) is 0 Å². The van der Waals surface area contributed by atoms with Crippen LogP contribution in [-0.2, 0) is 10.9 Å². The summed E-state index contributed by atoms with van der Waals surface area (Å²) in [6.07, 6.45) is -4.42. The van der Waals surface area contributed by atoms with Crippen LogP contribution in [0.1, 0.15) is 23.0 Å². The number of morpholine rings is 1. The first-order valence-corrected chi connectivity index (χ1v) is 11.3. The molecule has 2 aliphatic heterocycles. The highest BCUT2D eigenvalue weighted by molar-refractivity contribution is 5.94. The molecule has 1 aromatic carbocycles. The van der Waals surface area contributed by atoms with Gasteiger partial charge in [0.05, 0.1) is 30.5 Å². The molecule has 0 spiro atoms. The highest BCUT2D eigenvalue weighted by Gasteiger charge is 2.35. The predicted molar refractivity (Wildman–Crippen MR) is 122 cm³/mol. The summed E-state index contributed by atoms with van der Waals surface area (Å²) in [6.45, 7) is 6.55. The van der Waals surface area contributed by atoms with E-state index in [4.69, 9.17) is 10.5 Å². The molecule has 3 N–H and O–H groups in total. The van der Waals surface area contributed by atoms with E-state index in [1.165, 1.54) is 6.07 Å². The zero-order valence-electron chi connectivity index (χ0n) is 19.0. The smallest absolute Gasteiger partial charge is 0.378 e. The van der Waals surface area contributed by atoms with Crippen LogP contribution in [0, 0.1) is 12.7 Å². The highest BCUT2D eigenvalue weighted by Crippen LogP contribution is 2.34. The number of hydrogen-bond donors (Lipinski definition) is 2. The number of nitrogens with one attached hydrogen (secondary N) is 1. The lowest BCUT2D eigenvalue weighted by Gasteiger charge is -2.44. The zero-order chi connectivity index (χ0) is 24.7. The first kappa shape index (κ1) is 23.6. The van der Waals surface area contributed by atoms with Gasteiger partial charge in [-0.05, 0) is 19.1 Å². The van der Waals surface area contributed by atoms with Gasteiger partial charge in [0, 0.05) is 48.7 Å². The maximum Gasteiger partial charge on any atom is 0.419 e. The average Bonchev–Trinajstić information content (AvgIpc) is 2.84. The van der Waals surface area contributed by atoms with E-state index in [0.717, 1.165) is 44.7 Å². The van der Waals surface area contributed by atoms with Gasteiger partial charge in [-0.1, -0.05) is 12.1 Å². The first-order chi connectivity index (χ1) is 16.7. The van der Waals surface area contributed by atoms with Gasteiger partial charge in [0.25, 0.3) is 0 Å². The Balaban J connectivity index is 1.45. The number of aromatic nitrogens is 3. The number of benzene rings is 1. The van der Waals surface area contributed by atoms with E-state index in [1.807, 2.05) is 6.07 Å². The molecule has 3 aromatic rings. The lowest BCUT2D eigenvalue weighted by atomic mass is 10.1. The van der Waals surface area contributed by atoms with Gasteiger partial charge in [-0.3, -0.25) is 4.90 Å². The van der Waals surface area contributed by atoms with Crippen LogP contribution in [0.25, 0.3) is 10.8 Å². The predicted octanol–water partition coefficient (Wildman–Crippen LogP) is 3.08. The van der Waals surface area contributed by atoms with E-state index in [9.17, 15) is 17.6 Å². The van der Waals surface area contributed by atoms with Crippen molar-refractivity contribution < 1.29 is 22.3 Å².